The van der Waals surface area contributed by atoms with E-state index in [1.165, 1.54) is 11.3 Å². The van der Waals surface area contributed by atoms with Crippen LogP contribution in [-0.2, 0) is 0 Å². The molecule has 3 aromatic heterocycles. The molecule has 1 aliphatic rings. The molecule has 25 heavy (non-hydrogen) atoms. The van der Waals surface area contributed by atoms with Crippen LogP contribution in [0.5, 0.6) is 0 Å². The molecule has 4 rings (SSSR count). The first-order chi connectivity index (χ1) is 11.8. The van der Waals surface area contributed by atoms with E-state index in [2.05, 4.69) is 27.2 Å². The van der Waals surface area contributed by atoms with Crippen LogP contribution in [0, 0.1) is 20.8 Å². The fourth-order valence-electron chi connectivity index (χ4n) is 2.76. The zero-order valence-electron chi connectivity index (χ0n) is 14.6. The van der Waals surface area contributed by atoms with Gasteiger partial charge in [0.05, 0.1) is 16.6 Å². The van der Waals surface area contributed by atoms with E-state index >= 15 is 0 Å². The minimum atomic E-state index is -0.544. The first-order valence-electron chi connectivity index (χ1n) is 8.11. The molecule has 0 bridgehead atoms. The molecule has 1 amide bonds. The lowest BCUT2D eigenvalue weighted by atomic mass is 10.1. The number of anilines is 1. The van der Waals surface area contributed by atoms with Gasteiger partial charge in [0.1, 0.15) is 11.6 Å². The van der Waals surface area contributed by atoms with E-state index in [0.29, 0.717) is 34.1 Å². The number of nitrogens with one attached hydrogen (secondary N) is 1. The third-order valence-corrected chi connectivity index (χ3v) is 5.68. The summed E-state index contributed by atoms with van der Waals surface area (Å²) >= 11 is 1.54. The van der Waals surface area contributed by atoms with Gasteiger partial charge in [-0.15, -0.1) is 11.3 Å². The smallest absolute Gasteiger partial charge is 0.253 e. The van der Waals surface area contributed by atoms with E-state index in [1.807, 2.05) is 13.8 Å². The minimum absolute atomic E-state index is 0.0205. The molecule has 3 N–H and O–H groups in total. The third-order valence-electron chi connectivity index (χ3n) is 4.61. The second-order valence-corrected chi connectivity index (χ2v) is 8.02. The first kappa shape index (κ1) is 16.0. The van der Waals surface area contributed by atoms with E-state index < -0.39 is 5.91 Å². The van der Waals surface area contributed by atoms with Crippen molar-refractivity contribution >= 4 is 34.2 Å². The summed E-state index contributed by atoms with van der Waals surface area (Å²) in [5.74, 6) is 0.975. The largest absolute Gasteiger partial charge is 0.442 e. The average molecular weight is 357 g/mol. The second-order valence-electron chi connectivity index (χ2n) is 6.82. The van der Waals surface area contributed by atoms with Crippen LogP contribution in [0.2, 0.25) is 0 Å². The number of nitrogens with zero attached hydrogens (tertiary/aromatic N) is 3. The zero-order valence-corrected chi connectivity index (χ0v) is 15.4. The maximum Gasteiger partial charge on any atom is 0.253 e. The monoisotopic (exact) mass is 357 g/mol. The number of rotatable bonds is 4. The lowest BCUT2D eigenvalue weighted by Gasteiger charge is -2.13. The number of carbonyl (C=O) groups excluding carboxylic acids is 1. The summed E-state index contributed by atoms with van der Waals surface area (Å²) in [5.41, 5.74) is 7.18. The molecule has 8 heteroatoms. The van der Waals surface area contributed by atoms with Gasteiger partial charge in [0.25, 0.3) is 5.91 Å². The summed E-state index contributed by atoms with van der Waals surface area (Å²) in [5, 5.41) is 4.71. The van der Waals surface area contributed by atoms with E-state index in [1.54, 1.807) is 6.92 Å². The maximum atomic E-state index is 11.9. The maximum absolute atomic E-state index is 11.9. The minimum Gasteiger partial charge on any atom is -0.442 e. The Hall–Kier alpha value is -2.48. The number of furan rings is 1. The van der Waals surface area contributed by atoms with Gasteiger partial charge in [-0.2, -0.15) is 4.98 Å². The molecule has 130 valence electrons. The predicted molar refractivity (Wildman–Crippen MR) is 96.9 cm³/mol. The number of carbonyl (C=O) groups is 1. The average Bonchev–Trinajstić information content (AvgIpc) is 2.99. The third kappa shape index (κ3) is 2.66. The van der Waals surface area contributed by atoms with Gasteiger partial charge >= 0.3 is 0 Å². The lowest BCUT2D eigenvalue weighted by Crippen LogP contribution is -2.19. The summed E-state index contributed by atoms with van der Waals surface area (Å²) in [7, 11) is 0. The van der Waals surface area contributed by atoms with Crippen LogP contribution in [0.25, 0.3) is 21.9 Å². The zero-order chi connectivity index (χ0) is 17.9. The van der Waals surface area contributed by atoms with Gasteiger partial charge in [-0.1, -0.05) is 0 Å². The Balaban J connectivity index is 1.96. The van der Waals surface area contributed by atoms with E-state index in [4.69, 9.17) is 10.2 Å². The van der Waals surface area contributed by atoms with Crippen molar-refractivity contribution in [3.8, 4) is 10.8 Å². The van der Waals surface area contributed by atoms with Crippen LogP contribution in [0.1, 0.15) is 46.5 Å². The van der Waals surface area contributed by atoms with E-state index in [-0.39, 0.29) is 5.54 Å². The van der Waals surface area contributed by atoms with Gasteiger partial charge in [-0.3, -0.25) is 4.79 Å². The summed E-state index contributed by atoms with van der Waals surface area (Å²) < 4.78 is 5.72. The summed E-state index contributed by atoms with van der Waals surface area (Å²) in [6.45, 7) is 7.80. The van der Waals surface area contributed by atoms with Gasteiger partial charge in [-0.25, -0.2) is 9.97 Å². The molecule has 0 unspecified atom stereocenters. The van der Waals surface area contributed by atoms with Gasteiger partial charge < -0.3 is 15.5 Å². The molecular formula is C17H19N5O2S. The Morgan fingerprint density at radius 2 is 1.96 bits per heavy atom. The fraction of sp³-hybridized carbons (Fsp3) is 0.412. The molecule has 0 radical (unpaired) electrons. The van der Waals surface area contributed by atoms with Crippen molar-refractivity contribution in [2.45, 2.75) is 46.1 Å². The second kappa shape index (κ2) is 5.26. The molecule has 0 saturated heterocycles. The van der Waals surface area contributed by atoms with Crippen molar-refractivity contribution < 1.29 is 9.21 Å². The highest BCUT2D eigenvalue weighted by atomic mass is 32.1. The Labute approximate surface area is 148 Å². The number of nitrogens with two attached hydrogens (primary N) is 1. The number of primary amides is 1. The number of thiazole rings is 1. The predicted octanol–water partition coefficient (Wildman–Crippen LogP) is 3.33. The summed E-state index contributed by atoms with van der Waals surface area (Å²) in [6.07, 6.45) is 2.10. The quantitative estimate of drug-likeness (QED) is 0.741. The van der Waals surface area contributed by atoms with Crippen molar-refractivity contribution in [1.29, 1.82) is 0 Å². The standard InChI is InChI=1S/C17H19N5O2S/c1-7-9(3)25-16(19-7)14-20-13(22-17(4)5-6-17)11-10(12(18)23)8(2)24-15(11)21-14/h5-6H2,1-4H3,(H2,18,23)(H,20,21,22). The van der Waals surface area contributed by atoms with Crippen LogP contribution in [0.4, 0.5) is 5.82 Å². The molecule has 3 aromatic rings. The van der Waals surface area contributed by atoms with Crippen molar-refractivity contribution in [3.63, 3.8) is 0 Å². The first-order valence-corrected chi connectivity index (χ1v) is 8.92. The molecule has 0 spiro atoms. The van der Waals surface area contributed by atoms with Gasteiger partial charge in [0.2, 0.25) is 5.71 Å². The molecule has 0 atom stereocenters. The number of aryl methyl sites for hydroxylation is 3. The number of hydrogen-bond acceptors (Lipinski definition) is 7. The molecule has 0 aromatic carbocycles. The van der Waals surface area contributed by atoms with Crippen molar-refractivity contribution in [1.82, 2.24) is 15.0 Å². The highest BCUT2D eigenvalue weighted by Gasteiger charge is 2.39. The Kier molecular flexibility index (Phi) is 3.37. The molecule has 1 aliphatic carbocycles. The molecule has 0 aliphatic heterocycles. The number of aromatic nitrogens is 3. The molecule has 7 nitrogen and oxygen atoms in total. The highest BCUT2D eigenvalue weighted by molar-refractivity contribution is 7.15. The summed E-state index contributed by atoms with van der Waals surface area (Å²) in [4.78, 5) is 26.7. The van der Waals surface area contributed by atoms with Gasteiger partial charge in [-0.05, 0) is 40.5 Å². The van der Waals surface area contributed by atoms with Crippen LogP contribution in [0.15, 0.2) is 4.42 Å². The van der Waals surface area contributed by atoms with Crippen molar-refractivity contribution in [2.75, 3.05) is 5.32 Å². The summed E-state index contributed by atoms with van der Waals surface area (Å²) in [6, 6.07) is 0. The van der Waals surface area contributed by atoms with Crippen LogP contribution >= 0.6 is 11.3 Å². The highest BCUT2D eigenvalue weighted by Crippen LogP contribution is 2.41. The van der Waals surface area contributed by atoms with Crippen LogP contribution in [-0.4, -0.2) is 26.4 Å². The van der Waals surface area contributed by atoms with E-state index in [9.17, 15) is 4.79 Å². The lowest BCUT2D eigenvalue weighted by molar-refractivity contribution is 0.1000. The van der Waals surface area contributed by atoms with Gasteiger partial charge in [0, 0.05) is 10.4 Å². The normalized spacial score (nSPS) is 15.5. The van der Waals surface area contributed by atoms with Crippen LogP contribution in [0.3, 0.4) is 0 Å². The van der Waals surface area contributed by atoms with Crippen LogP contribution < -0.4 is 11.1 Å². The Morgan fingerprint density at radius 3 is 2.52 bits per heavy atom. The SMILES string of the molecule is Cc1nc(-c2nc(NC3(C)CC3)c3c(C(N)=O)c(C)oc3n2)sc1C. The van der Waals surface area contributed by atoms with Crippen molar-refractivity contribution in [2.24, 2.45) is 5.73 Å². The molecule has 1 fully saturated rings. The number of hydrogen-bond donors (Lipinski definition) is 2. The molecule has 3 heterocycles. The Morgan fingerprint density at radius 1 is 1.24 bits per heavy atom. The number of amides is 1. The van der Waals surface area contributed by atoms with E-state index in [0.717, 1.165) is 28.4 Å². The number of fused-ring (bicyclic) bond motifs is 1. The fourth-order valence-corrected chi connectivity index (χ4v) is 3.61. The van der Waals surface area contributed by atoms with Gasteiger partial charge in [0.15, 0.2) is 10.8 Å². The molecular weight excluding hydrogens is 338 g/mol. The topological polar surface area (TPSA) is 107 Å². The van der Waals surface area contributed by atoms with Crippen molar-refractivity contribution in [3.05, 3.63) is 21.9 Å². The molecule has 1 saturated carbocycles. The Bertz CT molecular complexity index is 996.